The molecule has 170 valence electrons. The molecule has 0 aliphatic carbocycles. The third-order valence-electron chi connectivity index (χ3n) is 5.87. The Bertz CT molecular complexity index is 1750. The number of hydrogen-bond acceptors (Lipinski definition) is 8. The highest BCUT2D eigenvalue weighted by Gasteiger charge is 2.23. The summed E-state index contributed by atoms with van der Waals surface area (Å²) >= 11 is 0. The Labute approximate surface area is 199 Å². The molecule has 0 atom stereocenters. The van der Waals surface area contributed by atoms with Crippen LogP contribution in [-0.2, 0) is 13.0 Å². The summed E-state index contributed by atoms with van der Waals surface area (Å²) < 4.78 is 8.85. The van der Waals surface area contributed by atoms with Gasteiger partial charge in [0.15, 0.2) is 17.1 Å². The molecule has 0 fully saturated rings. The van der Waals surface area contributed by atoms with E-state index in [0.29, 0.717) is 41.3 Å². The molecule has 0 spiro atoms. The van der Waals surface area contributed by atoms with Crippen LogP contribution in [0, 0.1) is 11.3 Å². The van der Waals surface area contributed by atoms with E-state index in [0.717, 1.165) is 27.9 Å². The number of anilines is 1. The predicted molar refractivity (Wildman–Crippen MR) is 129 cm³/mol. The summed E-state index contributed by atoms with van der Waals surface area (Å²) in [5.74, 6) is 0.719. The maximum atomic E-state index is 9.42. The molecule has 10 heteroatoms. The van der Waals surface area contributed by atoms with E-state index in [1.807, 2.05) is 54.1 Å². The largest absolute Gasteiger partial charge is 0.368 e. The summed E-state index contributed by atoms with van der Waals surface area (Å²) in [5.41, 5.74) is 11.8. The molecule has 0 bridgehead atoms. The first-order valence-corrected chi connectivity index (χ1v) is 11.1. The van der Waals surface area contributed by atoms with Gasteiger partial charge in [0, 0.05) is 23.7 Å². The highest BCUT2D eigenvalue weighted by Crippen LogP contribution is 2.35. The Hall–Kier alpha value is -5.04. The second kappa shape index (κ2) is 8.07. The molecule has 4 aromatic heterocycles. The standard InChI is InChI=1S/C25H19N9O/c1-2-33-19(10-11-28-33)22-23(16-7-5-6-15(12-16)14-26)30-25(27)34-24(22)29-21(31-34)13-18-17-8-3-4-9-20(17)35-32-18/h3-12H,2,13H2,1H3,(H2,27,30). The first-order valence-electron chi connectivity index (χ1n) is 11.1. The number of nitrogen functional groups attached to an aromatic ring is 1. The number of aromatic nitrogens is 7. The first kappa shape index (κ1) is 20.6. The highest BCUT2D eigenvalue weighted by atomic mass is 16.5. The fourth-order valence-electron chi connectivity index (χ4n) is 4.27. The lowest BCUT2D eigenvalue weighted by molar-refractivity contribution is 0.447. The van der Waals surface area contributed by atoms with E-state index in [1.54, 1.807) is 18.3 Å². The number of rotatable bonds is 5. The van der Waals surface area contributed by atoms with Crippen molar-refractivity contribution in [1.29, 1.82) is 5.26 Å². The molecule has 6 rings (SSSR count). The van der Waals surface area contributed by atoms with Gasteiger partial charge in [-0.2, -0.15) is 14.9 Å². The molecule has 0 aliphatic rings. The molecule has 4 heterocycles. The minimum absolute atomic E-state index is 0.187. The molecule has 10 nitrogen and oxygen atoms in total. The molecular weight excluding hydrogens is 442 g/mol. The highest BCUT2D eigenvalue weighted by molar-refractivity contribution is 5.89. The molecule has 0 aliphatic heterocycles. The summed E-state index contributed by atoms with van der Waals surface area (Å²) in [4.78, 5) is 9.55. The topological polar surface area (TPSA) is 137 Å². The Morgan fingerprint density at radius 2 is 1.97 bits per heavy atom. The normalized spacial score (nSPS) is 11.3. The van der Waals surface area contributed by atoms with Crippen molar-refractivity contribution in [3.63, 3.8) is 0 Å². The average molecular weight is 461 g/mol. The van der Waals surface area contributed by atoms with E-state index in [4.69, 9.17) is 20.2 Å². The van der Waals surface area contributed by atoms with Gasteiger partial charge < -0.3 is 10.3 Å². The summed E-state index contributed by atoms with van der Waals surface area (Å²) in [6.07, 6.45) is 2.10. The van der Waals surface area contributed by atoms with Gasteiger partial charge >= 0.3 is 0 Å². The second-order valence-corrected chi connectivity index (χ2v) is 7.98. The van der Waals surface area contributed by atoms with Crippen LogP contribution in [0.4, 0.5) is 5.95 Å². The van der Waals surface area contributed by atoms with Crippen LogP contribution < -0.4 is 5.73 Å². The van der Waals surface area contributed by atoms with Gasteiger partial charge in [-0.15, -0.1) is 5.10 Å². The molecule has 0 saturated carbocycles. The van der Waals surface area contributed by atoms with Crippen molar-refractivity contribution < 1.29 is 4.52 Å². The lowest BCUT2D eigenvalue weighted by Gasteiger charge is -2.13. The maximum Gasteiger partial charge on any atom is 0.223 e. The third-order valence-corrected chi connectivity index (χ3v) is 5.87. The van der Waals surface area contributed by atoms with Crippen LogP contribution in [0.25, 0.3) is 39.1 Å². The predicted octanol–water partition coefficient (Wildman–Crippen LogP) is 3.86. The van der Waals surface area contributed by atoms with E-state index >= 15 is 0 Å². The van der Waals surface area contributed by atoms with Crippen LogP contribution in [0.1, 0.15) is 24.0 Å². The molecule has 2 aromatic carbocycles. The van der Waals surface area contributed by atoms with Crippen molar-refractivity contribution in [3.8, 4) is 28.6 Å². The van der Waals surface area contributed by atoms with Crippen molar-refractivity contribution in [1.82, 2.24) is 34.5 Å². The molecule has 2 N–H and O–H groups in total. The van der Waals surface area contributed by atoms with Gasteiger partial charge in [0.2, 0.25) is 5.95 Å². The number of nitrogens with two attached hydrogens (primary N) is 1. The monoisotopic (exact) mass is 461 g/mol. The molecule has 0 saturated heterocycles. The first-order chi connectivity index (χ1) is 17.2. The number of hydrogen-bond donors (Lipinski definition) is 1. The van der Waals surface area contributed by atoms with Gasteiger partial charge in [0.25, 0.3) is 0 Å². The fourth-order valence-corrected chi connectivity index (χ4v) is 4.27. The molecule has 0 radical (unpaired) electrons. The maximum absolute atomic E-state index is 9.42. The smallest absolute Gasteiger partial charge is 0.223 e. The summed E-state index contributed by atoms with van der Waals surface area (Å²) in [6, 6.07) is 19.0. The number of nitriles is 1. The molecule has 0 amide bonds. The van der Waals surface area contributed by atoms with E-state index < -0.39 is 0 Å². The van der Waals surface area contributed by atoms with Gasteiger partial charge in [0.1, 0.15) is 0 Å². The van der Waals surface area contributed by atoms with Crippen molar-refractivity contribution in [3.05, 3.63) is 77.9 Å². The van der Waals surface area contributed by atoms with Gasteiger partial charge in [-0.25, -0.2) is 9.97 Å². The summed E-state index contributed by atoms with van der Waals surface area (Å²) in [7, 11) is 0. The zero-order chi connectivity index (χ0) is 23.9. The van der Waals surface area contributed by atoms with Crippen molar-refractivity contribution in [2.75, 3.05) is 5.73 Å². The summed E-state index contributed by atoms with van der Waals surface area (Å²) in [6.45, 7) is 2.67. The van der Waals surface area contributed by atoms with Crippen LogP contribution in [0.2, 0.25) is 0 Å². The van der Waals surface area contributed by atoms with Gasteiger partial charge in [0.05, 0.1) is 40.7 Å². The van der Waals surface area contributed by atoms with E-state index in [2.05, 4.69) is 21.4 Å². The Morgan fingerprint density at radius 1 is 1.09 bits per heavy atom. The zero-order valence-corrected chi connectivity index (χ0v) is 18.8. The lowest BCUT2D eigenvalue weighted by Crippen LogP contribution is -2.08. The SMILES string of the molecule is CCn1nccc1-c1c(-c2cccc(C#N)c2)nc(N)n2nc(Cc3noc4ccccc34)nc12. The average Bonchev–Trinajstić information content (AvgIpc) is 3.63. The number of nitrogens with zero attached hydrogens (tertiary/aromatic N) is 8. The molecule has 0 unspecified atom stereocenters. The molecule has 35 heavy (non-hydrogen) atoms. The van der Waals surface area contributed by atoms with E-state index in [-0.39, 0.29) is 5.95 Å². The van der Waals surface area contributed by atoms with Crippen molar-refractivity contribution in [2.45, 2.75) is 19.9 Å². The van der Waals surface area contributed by atoms with Gasteiger partial charge in [-0.1, -0.05) is 29.4 Å². The zero-order valence-electron chi connectivity index (χ0n) is 18.8. The quantitative estimate of drug-likeness (QED) is 0.409. The fraction of sp³-hybridized carbons (Fsp3) is 0.120. The van der Waals surface area contributed by atoms with Crippen LogP contribution in [0.5, 0.6) is 0 Å². The molecule has 6 aromatic rings. The third kappa shape index (κ3) is 3.38. The van der Waals surface area contributed by atoms with Crippen LogP contribution >= 0.6 is 0 Å². The van der Waals surface area contributed by atoms with E-state index in [1.165, 1.54) is 4.52 Å². The molecular formula is C25H19N9O. The van der Waals surface area contributed by atoms with Crippen LogP contribution in [-0.4, -0.2) is 34.5 Å². The lowest BCUT2D eigenvalue weighted by atomic mass is 10.0. The number of fused-ring (bicyclic) bond motifs is 2. The van der Waals surface area contributed by atoms with Crippen LogP contribution in [0.3, 0.4) is 0 Å². The Morgan fingerprint density at radius 3 is 2.83 bits per heavy atom. The Balaban J connectivity index is 1.58. The minimum atomic E-state index is 0.187. The summed E-state index contributed by atoms with van der Waals surface area (Å²) in [5, 5.41) is 23.6. The Kier molecular flexibility index (Phi) is 4.74. The van der Waals surface area contributed by atoms with Gasteiger partial charge in [-0.05, 0) is 37.3 Å². The van der Waals surface area contributed by atoms with Gasteiger partial charge in [-0.3, -0.25) is 4.68 Å². The number of para-hydroxylation sites is 1. The van der Waals surface area contributed by atoms with Crippen molar-refractivity contribution >= 4 is 22.6 Å². The van der Waals surface area contributed by atoms with E-state index in [9.17, 15) is 5.26 Å². The second-order valence-electron chi connectivity index (χ2n) is 7.98. The number of benzene rings is 2. The minimum Gasteiger partial charge on any atom is -0.368 e. The number of aryl methyl sites for hydroxylation is 1. The van der Waals surface area contributed by atoms with Crippen molar-refractivity contribution in [2.24, 2.45) is 0 Å². The van der Waals surface area contributed by atoms with Crippen LogP contribution in [0.15, 0.2) is 65.3 Å².